The van der Waals surface area contributed by atoms with Crippen LogP contribution in [0.4, 0.5) is 0 Å². The number of ether oxygens (including phenoxy) is 1. The molecule has 0 atom stereocenters. The minimum absolute atomic E-state index is 0.207. The molecule has 10 heteroatoms. The van der Waals surface area contributed by atoms with E-state index in [1.807, 2.05) is 0 Å². The maximum absolute atomic E-state index is 13.1. The molecule has 9 nitrogen and oxygen atoms in total. The van der Waals surface area contributed by atoms with Gasteiger partial charge in [0.15, 0.2) is 5.76 Å². The predicted molar refractivity (Wildman–Crippen MR) is 106 cm³/mol. The summed E-state index contributed by atoms with van der Waals surface area (Å²) >= 11 is 0. The van der Waals surface area contributed by atoms with Crippen molar-refractivity contribution in [2.75, 3.05) is 32.8 Å². The van der Waals surface area contributed by atoms with E-state index in [2.05, 4.69) is 21.7 Å². The standard InChI is InChI=1S/C19H29N5O4S/c1-4-24-18-6-11-27-13-16(18)17(20-24)12-22-7-5-8-23(10-9-22)29(25,26)19-14(2)21-28-15(19)3/h4-13H2,1-3H3. The van der Waals surface area contributed by atoms with Gasteiger partial charge in [-0.2, -0.15) is 9.40 Å². The third-order valence-corrected chi connectivity index (χ3v) is 7.91. The van der Waals surface area contributed by atoms with Gasteiger partial charge in [-0.3, -0.25) is 9.58 Å². The lowest BCUT2D eigenvalue weighted by molar-refractivity contribution is 0.107. The Kier molecular flexibility index (Phi) is 5.78. The second kappa shape index (κ2) is 8.17. The number of fused-ring (bicyclic) bond motifs is 1. The predicted octanol–water partition coefficient (Wildman–Crippen LogP) is 1.48. The molecule has 0 amide bonds. The molecule has 0 saturated carbocycles. The zero-order valence-electron chi connectivity index (χ0n) is 17.3. The third-order valence-electron chi connectivity index (χ3n) is 5.77. The van der Waals surface area contributed by atoms with Crippen LogP contribution in [0.15, 0.2) is 9.42 Å². The van der Waals surface area contributed by atoms with Crippen LogP contribution in [0.25, 0.3) is 0 Å². The normalized spacial score (nSPS) is 19.3. The van der Waals surface area contributed by atoms with Crippen molar-refractivity contribution >= 4 is 10.0 Å². The highest BCUT2D eigenvalue weighted by atomic mass is 32.2. The van der Waals surface area contributed by atoms with Gasteiger partial charge < -0.3 is 9.26 Å². The van der Waals surface area contributed by atoms with Crippen molar-refractivity contribution in [3.05, 3.63) is 28.4 Å². The average Bonchev–Trinajstić information content (AvgIpc) is 3.12. The highest BCUT2D eigenvalue weighted by molar-refractivity contribution is 7.89. The molecular weight excluding hydrogens is 394 g/mol. The van der Waals surface area contributed by atoms with E-state index in [9.17, 15) is 8.42 Å². The SMILES string of the molecule is CCn1nc(CN2CCCN(S(=O)(=O)c3c(C)noc3C)CC2)c2c1CCOC2. The van der Waals surface area contributed by atoms with Gasteiger partial charge in [0.2, 0.25) is 10.0 Å². The third kappa shape index (κ3) is 3.86. The van der Waals surface area contributed by atoms with Crippen molar-refractivity contribution in [3.63, 3.8) is 0 Å². The number of nitrogens with zero attached hydrogens (tertiary/aromatic N) is 5. The Hall–Kier alpha value is -1.75. The molecule has 4 rings (SSSR count). The fourth-order valence-corrected chi connectivity index (χ4v) is 6.06. The maximum Gasteiger partial charge on any atom is 0.248 e. The maximum atomic E-state index is 13.1. The number of hydrogen-bond acceptors (Lipinski definition) is 7. The molecule has 2 aromatic rings. The Bertz CT molecular complexity index is 962. The van der Waals surface area contributed by atoms with Crippen molar-refractivity contribution < 1.29 is 17.7 Å². The Morgan fingerprint density at radius 2 is 1.97 bits per heavy atom. The van der Waals surface area contributed by atoms with E-state index in [0.29, 0.717) is 37.7 Å². The summed E-state index contributed by atoms with van der Waals surface area (Å²) in [6.45, 7) is 10.8. The Morgan fingerprint density at radius 3 is 2.69 bits per heavy atom. The van der Waals surface area contributed by atoms with Gasteiger partial charge >= 0.3 is 0 Å². The molecule has 0 aromatic carbocycles. The fraction of sp³-hybridized carbons (Fsp3) is 0.684. The average molecular weight is 424 g/mol. The Balaban J connectivity index is 1.48. The topological polar surface area (TPSA) is 93.7 Å². The number of hydrogen-bond donors (Lipinski definition) is 0. The molecule has 0 radical (unpaired) electrons. The van der Waals surface area contributed by atoms with Crippen molar-refractivity contribution in [1.29, 1.82) is 0 Å². The van der Waals surface area contributed by atoms with E-state index in [4.69, 9.17) is 14.4 Å². The van der Waals surface area contributed by atoms with Crippen LogP contribution in [0.3, 0.4) is 0 Å². The molecule has 1 fully saturated rings. The zero-order chi connectivity index (χ0) is 20.6. The van der Waals surface area contributed by atoms with Gasteiger partial charge in [-0.25, -0.2) is 8.42 Å². The van der Waals surface area contributed by atoms with Crippen LogP contribution in [-0.2, 0) is 40.9 Å². The molecule has 0 bridgehead atoms. The number of aryl methyl sites for hydroxylation is 3. The second-order valence-electron chi connectivity index (χ2n) is 7.68. The molecular formula is C19H29N5O4S. The second-order valence-corrected chi connectivity index (χ2v) is 9.55. The monoisotopic (exact) mass is 423 g/mol. The number of rotatable bonds is 5. The quantitative estimate of drug-likeness (QED) is 0.719. The molecule has 2 aromatic heterocycles. The van der Waals surface area contributed by atoms with Crippen LogP contribution in [0.5, 0.6) is 0 Å². The molecule has 160 valence electrons. The molecule has 0 aliphatic carbocycles. The first-order valence-electron chi connectivity index (χ1n) is 10.2. The van der Waals surface area contributed by atoms with Crippen LogP contribution >= 0.6 is 0 Å². The van der Waals surface area contributed by atoms with Crippen LogP contribution in [-0.4, -0.2) is 65.3 Å². The van der Waals surface area contributed by atoms with Gasteiger partial charge in [-0.1, -0.05) is 5.16 Å². The molecule has 0 N–H and O–H groups in total. The summed E-state index contributed by atoms with van der Waals surface area (Å²) in [5, 5.41) is 8.62. The van der Waals surface area contributed by atoms with E-state index in [1.165, 1.54) is 11.3 Å². The summed E-state index contributed by atoms with van der Waals surface area (Å²) in [5.74, 6) is 0.348. The summed E-state index contributed by atoms with van der Waals surface area (Å²) in [6, 6.07) is 0. The van der Waals surface area contributed by atoms with E-state index in [1.54, 1.807) is 18.2 Å². The van der Waals surface area contributed by atoms with Crippen LogP contribution in [0.1, 0.15) is 41.8 Å². The number of aromatic nitrogens is 3. The smallest absolute Gasteiger partial charge is 0.248 e. The summed E-state index contributed by atoms with van der Waals surface area (Å²) in [7, 11) is -3.60. The van der Waals surface area contributed by atoms with Crippen molar-refractivity contribution in [2.24, 2.45) is 0 Å². The first-order valence-corrected chi connectivity index (χ1v) is 11.7. The lowest BCUT2D eigenvalue weighted by atomic mass is 10.1. The summed E-state index contributed by atoms with van der Waals surface area (Å²) in [6.07, 6.45) is 1.68. The summed E-state index contributed by atoms with van der Waals surface area (Å²) in [4.78, 5) is 2.50. The summed E-state index contributed by atoms with van der Waals surface area (Å²) in [5.41, 5.74) is 3.97. The molecule has 0 spiro atoms. The van der Waals surface area contributed by atoms with Crippen LogP contribution < -0.4 is 0 Å². The molecule has 1 saturated heterocycles. The molecule has 2 aliphatic rings. The van der Waals surface area contributed by atoms with Crippen LogP contribution in [0, 0.1) is 13.8 Å². The van der Waals surface area contributed by atoms with E-state index in [-0.39, 0.29) is 4.90 Å². The lowest BCUT2D eigenvalue weighted by Crippen LogP contribution is -2.35. The van der Waals surface area contributed by atoms with E-state index in [0.717, 1.165) is 44.8 Å². The lowest BCUT2D eigenvalue weighted by Gasteiger charge is -2.21. The van der Waals surface area contributed by atoms with Crippen molar-refractivity contribution in [1.82, 2.24) is 24.1 Å². The molecule has 0 unspecified atom stereocenters. The fourth-order valence-electron chi connectivity index (χ4n) is 4.30. The first-order chi connectivity index (χ1) is 13.9. The van der Waals surface area contributed by atoms with Crippen molar-refractivity contribution in [2.45, 2.75) is 58.2 Å². The van der Waals surface area contributed by atoms with Gasteiger partial charge in [0.25, 0.3) is 0 Å². The molecule has 29 heavy (non-hydrogen) atoms. The Labute approximate surface area is 171 Å². The molecule has 4 heterocycles. The van der Waals surface area contributed by atoms with Gasteiger partial charge in [0.05, 0.1) is 18.9 Å². The van der Waals surface area contributed by atoms with Gasteiger partial charge in [-0.05, 0) is 33.7 Å². The summed E-state index contributed by atoms with van der Waals surface area (Å²) < 4.78 is 40.6. The largest absolute Gasteiger partial charge is 0.376 e. The molecule has 2 aliphatic heterocycles. The van der Waals surface area contributed by atoms with Crippen molar-refractivity contribution in [3.8, 4) is 0 Å². The van der Waals surface area contributed by atoms with Gasteiger partial charge in [0, 0.05) is 50.4 Å². The van der Waals surface area contributed by atoms with Gasteiger partial charge in [0.1, 0.15) is 10.6 Å². The minimum Gasteiger partial charge on any atom is -0.376 e. The van der Waals surface area contributed by atoms with Crippen LogP contribution in [0.2, 0.25) is 0 Å². The van der Waals surface area contributed by atoms with E-state index >= 15 is 0 Å². The minimum atomic E-state index is -3.60. The highest BCUT2D eigenvalue weighted by Crippen LogP contribution is 2.26. The van der Waals surface area contributed by atoms with Gasteiger partial charge in [-0.15, -0.1) is 0 Å². The zero-order valence-corrected chi connectivity index (χ0v) is 18.2. The van der Waals surface area contributed by atoms with E-state index < -0.39 is 10.0 Å². The Morgan fingerprint density at radius 1 is 1.14 bits per heavy atom. The highest BCUT2D eigenvalue weighted by Gasteiger charge is 2.32. The number of sulfonamides is 1. The first kappa shape index (κ1) is 20.5.